The van der Waals surface area contributed by atoms with Crippen molar-refractivity contribution < 1.29 is 28.4 Å². The summed E-state index contributed by atoms with van der Waals surface area (Å²) in [5.74, 6) is 0.0671. The minimum absolute atomic E-state index is 0.0481. The average Bonchev–Trinajstić information content (AvgIpc) is 3.14. The molecule has 0 aliphatic carbocycles. The first-order valence-electron chi connectivity index (χ1n) is 10.3. The van der Waals surface area contributed by atoms with Gasteiger partial charge in [-0.3, -0.25) is 4.72 Å². The van der Waals surface area contributed by atoms with E-state index >= 15 is 0 Å². The summed E-state index contributed by atoms with van der Waals surface area (Å²) >= 11 is 1.43. The number of phenols is 1. The summed E-state index contributed by atoms with van der Waals surface area (Å²) in [5, 5.41) is 10.7. The first-order valence-corrected chi connectivity index (χ1v) is 12.5. The zero-order valence-electron chi connectivity index (χ0n) is 18.9. The fraction of sp³-hybridized carbons (Fsp3) is 0.571. The number of allylic oxidation sites excluding steroid dienone is 1. The van der Waals surface area contributed by atoms with E-state index in [4.69, 9.17) is 18.5 Å². The van der Waals surface area contributed by atoms with Crippen molar-refractivity contribution >= 4 is 26.5 Å². The van der Waals surface area contributed by atoms with Gasteiger partial charge in [0.25, 0.3) is 0 Å². The molecule has 3 N–H and O–H groups in total. The molecule has 1 aromatic carbocycles. The molecule has 1 heterocycles. The van der Waals surface area contributed by atoms with Gasteiger partial charge in [0.1, 0.15) is 23.7 Å². The number of ether oxygens (including phenoxy) is 2. The van der Waals surface area contributed by atoms with Gasteiger partial charge in [0, 0.05) is 42.5 Å². The maximum atomic E-state index is 12.0. The van der Waals surface area contributed by atoms with Gasteiger partial charge in [-0.2, -0.15) is 0 Å². The van der Waals surface area contributed by atoms with E-state index in [1.165, 1.54) is 12.1 Å². The largest absolute Gasteiger partial charge is 0.507 e. The molecule has 0 unspecified atom stereocenters. The molecule has 31 heavy (non-hydrogen) atoms. The van der Waals surface area contributed by atoms with Gasteiger partial charge in [-0.15, -0.1) is 0 Å². The van der Waals surface area contributed by atoms with Crippen LogP contribution in [0.5, 0.6) is 11.5 Å². The summed E-state index contributed by atoms with van der Waals surface area (Å²) in [6.07, 6.45) is 3.30. The van der Waals surface area contributed by atoms with E-state index < -0.39 is 14.3 Å². The molecule has 0 fully saturated rings. The van der Waals surface area contributed by atoms with E-state index in [1.807, 2.05) is 33.8 Å². The Kier molecular flexibility index (Phi) is 11.1. The Labute approximate surface area is 190 Å². The van der Waals surface area contributed by atoms with Gasteiger partial charge in [-0.05, 0) is 39.7 Å². The molecule has 0 spiro atoms. The van der Waals surface area contributed by atoms with E-state index in [0.717, 1.165) is 23.8 Å². The third kappa shape index (κ3) is 7.07. The fourth-order valence-electron chi connectivity index (χ4n) is 3.22. The second kappa shape index (κ2) is 13.3. The molecule has 8 nitrogen and oxygen atoms in total. The normalized spacial score (nSPS) is 13.6. The van der Waals surface area contributed by atoms with Crippen LogP contribution in [0.15, 0.2) is 11.6 Å². The van der Waals surface area contributed by atoms with Crippen LogP contribution in [-0.2, 0) is 26.8 Å². The third-order valence-corrected chi connectivity index (χ3v) is 7.06. The highest BCUT2D eigenvalue weighted by Crippen LogP contribution is 2.42. The summed E-state index contributed by atoms with van der Waals surface area (Å²) in [7, 11) is 0.743. The number of methoxy groups -OCH3 is 1. The van der Waals surface area contributed by atoms with Crippen molar-refractivity contribution in [2.24, 2.45) is 0 Å². The van der Waals surface area contributed by atoms with Crippen molar-refractivity contribution in [3.8, 4) is 11.5 Å². The van der Waals surface area contributed by atoms with Gasteiger partial charge in [0.2, 0.25) is 0 Å². The Morgan fingerprint density at radius 1 is 1.29 bits per heavy atom. The van der Waals surface area contributed by atoms with Crippen LogP contribution in [0.4, 0.5) is 0 Å². The second-order valence-corrected chi connectivity index (χ2v) is 9.29. The molecule has 0 atom stereocenters. The quantitative estimate of drug-likeness (QED) is 0.122. The molecule has 0 saturated carbocycles. The number of hydrogen-bond acceptors (Lipinski definition) is 9. The molecule has 0 saturated heterocycles. The summed E-state index contributed by atoms with van der Waals surface area (Å²) in [5.41, 5.74) is 3.49. The van der Waals surface area contributed by atoms with Crippen molar-refractivity contribution in [1.82, 2.24) is 9.44 Å². The zero-order valence-corrected chi connectivity index (χ0v) is 20.6. The monoisotopic (exact) mass is 472 g/mol. The molecule has 0 amide bonds. The lowest BCUT2D eigenvalue weighted by Crippen LogP contribution is -2.18. The molecule has 174 valence electrons. The zero-order chi connectivity index (χ0) is 22.8. The van der Waals surface area contributed by atoms with Crippen LogP contribution in [-0.4, -0.2) is 50.7 Å². The smallest absolute Gasteiger partial charge is 0.342 e. The van der Waals surface area contributed by atoms with E-state index in [9.17, 15) is 9.90 Å². The Hall–Kier alpha value is -1.35. The lowest BCUT2D eigenvalue weighted by Gasteiger charge is -2.16. The van der Waals surface area contributed by atoms with Gasteiger partial charge < -0.3 is 23.6 Å². The number of nitrogens with one attached hydrogen (secondary N) is 2. The molecule has 0 aromatic heterocycles. The van der Waals surface area contributed by atoms with Crippen LogP contribution in [0.25, 0.3) is 0 Å². The number of phenolic OH excluding ortho intramolecular Hbond substituents is 1. The van der Waals surface area contributed by atoms with Gasteiger partial charge >= 0.3 is 5.97 Å². The summed E-state index contributed by atoms with van der Waals surface area (Å²) in [6, 6.07) is 0. The van der Waals surface area contributed by atoms with Crippen molar-refractivity contribution in [3.63, 3.8) is 0 Å². The Balaban J connectivity index is 1.86. The Morgan fingerprint density at radius 3 is 2.65 bits per heavy atom. The number of carbonyl (C=O) groups excluding carboxylic acids is 1. The standard InChI is InChI=1S/C21H33N2O6PS/c1-6-28-30(29-7-2)11-10-22-31-23-12-14(3)8-9-16-19(24)18-17(13-27-21(18)25)15(4)20(16)26-5/h8,22-24H,6-7,9-13H2,1-5H3/b14-8+. The van der Waals surface area contributed by atoms with Crippen LogP contribution in [0.3, 0.4) is 0 Å². The third-order valence-electron chi connectivity index (χ3n) is 4.74. The van der Waals surface area contributed by atoms with Gasteiger partial charge in [-0.1, -0.05) is 11.6 Å². The number of fused-ring (bicyclic) bond motifs is 1. The predicted octanol–water partition coefficient (Wildman–Crippen LogP) is 4.00. The first-order chi connectivity index (χ1) is 14.9. The van der Waals surface area contributed by atoms with E-state index in [-0.39, 0.29) is 17.9 Å². The van der Waals surface area contributed by atoms with Crippen LogP contribution in [0.1, 0.15) is 47.8 Å². The summed E-state index contributed by atoms with van der Waals surface area (Å²) < 4.78 is 28.3. The molecule has 10 heteroatoms. The van der Waals surface area contributed by atoms with E-state index in [0.29, 0.717) is 43.1 Å². The topological polar surface area (TPSA) is 98.3 Å². The number of rotatable bonds is 14. The van der Waals surface area contributed by atoms with Crippen LogP contribution >= 0.6 is 20.5 Å². The number of carbonyl (C=O) groups is 1. The molecule has 1 aliphatic rings. The number of benzene rings is 1. The maximum absolute atomic E-state index is 12.0. The number of hydrogen-bond donors (Lipinski definition) is 3. The second-order valence-electron chi connectivity index (χ2n) is 6.88. The number of cyclic esters (lactones) is 1. The molecule has 1 aliphatic heterocycles. The number of aromatic hydroxyl groups is 1. The van der Waals surface area contributed by atoms with Crippen molar-refractivity contribution in [1.29, 1.82) is 0 Å². The van der Waals surface area contributed by atoms with Gasteiger partial charge in [-0.25, -0.2) is 9.52 Å². The highest BCUT2D eigenvalue weighted by atomic mass is 32.2. The molecular formula is C21H33N2O6PS. The first kappa shape index (κ1) is 25.9. The lowest BCUT2D eigenvalue weighted by molar-refractivity contribution is 0.0533. The molecule has 2 rings (SSSR count). The van der Waals surface area contributed by atoms with Gasteiger partial charge in [0.05, 0.1) is 20.3 Å². The molecular weight excluding hydrogens is 439 g/mol. The predicted molar refractivity (Wildman–Crippen MR) is 125 cm³/mol. The SMILES string of the molecule is CCOP(CCNSNC/C(C)=C/Cc1c(O)c2c(c(C)c1OC)COC2=O)OCC. The van der Waals surface area contributed by atoms with Crippen molar-refractivity contribution in [2.75, 3.05) is 39.6 Å². The minimum atomic E-state index is -0.825. The van der Waals surface area contributed by atoms with Gasteiger partial charge in [0.15, 0.2) is 8.38 Å². The van der Waals surface area contributed by atoms with Crippen LogP contribution in [0.2, 0.25) is 0 Å². The average molecular weight is 473 g/mol. The van der Waals surface area contributed by atoms with E-state index in [2.05, 4.69) is 9.44 Å². The summed E-state index contributed by atoms with van der Waals surface area (Å²) in [6.45, 7) is 10.8. The van der Waals surface area contributed by atoms with Crippen LogP contribution < -0.4 is 14.2 Å². The summed E-state index contributed by atoms with van der Waals surface area (Å²) in [4.78, 5) is 12.0. The lowest BCUT2D eigenvalue weighted by atomic mass is 9.95. The Morgan fingerprint density at radius 2 is 2.00 bits per heavy atom. The van der Waals surface area contributed by atoms with Crippen LogP contribution in [0, 0.1) is 6.92 Å². The molecule has 1 aromatic rings. The highest BCUT2D eigenvalue weighted by Gasteiger charge is 2.31. The fourth-order valence-corrected chi connectivity index (χ4v) is 5.18. The van der Waals surface area contributed by atoms with E-state index in [1.54, 1.807) is 7.11 Å². The van der Waals surface area contributed by atoms with Crippen molar-refractivity contribution in [3.05, 3.63) is 33.9 Å². The minimum Gasteiger partial charge on any atom is -0.507 e. The van der Waals surface area contributed by atoms with Crippen molar-refractivity contribution in [2.45, 2.75) is 40.7 Å². The molecule has 0 radical (unpaired) electrons. The molecule has 0 bridgehead atoms. The highest BCUT2D eigenvalue weighted by molar-refractivity contribution is 7.95. The maximum Gasteiger partial charge on any atom is 0.342 e. The number of esters is 1. The Bertz CT molecular complexity index is 784.